The Kier molecular flexibility index (Phi) is 19.3. The highest BCUT2D eigenvalue weighted by molar-refractivity contribution is 5.71. The van der Waals surface area contributed by atoms with Gasteiger partial charge in [-0.3, -0.25) is 0 Å². The molecule has 0 aliphatic carbocycles. The molecule has 0 radical (unpaired) electrons. The van der Waals surface area contributed by atoms with Gasteiger partial charge in [0, 0.05) is 6.07 Å². The van der Waals surface area contributed by atoms with Crippen molar-refractivity contribution in [1.29, 1.82) is 0 Å². The SMILES string of the molecule is COc1cc(/C=C/c2ccc(OCC(COCC(CO)(CO)CO)(COCC(CO)(CO)CO)COCC(CO)(CO)CO)cc2)cc(OC)c1. The maximum Gasteiger partial charge on any atom is 0.123 e. The number of methoxy groups -OCH3 is 2. The third kappa shape index (κ3) is 13.2. The molecule has 9 N–H and O–H groups in total. The van der Waals surface area contributed by atoms with Gasteiger partial charge in [0.15, 0.2) is 0 Å². The fourth-order valence-corrected chi connectivity index (χ4v) is 4.59. The van der Waals surface area contributed by atoms with E-state index in [1.807, 2.05) is 36.4 Å². The van der Waals surface area contributed by atoms with Crippen LogP contribution >= 0.6 is 0 Å². The van der Waals surface area contributed by atoms with Gasteiger partial charge in [0.05, 0.1) is 135 Å². The molecule has 0 amide bonds. The summed E-state index contributed by atoms with van der Waals surface area (Å²) < 4.78 is 34.7. The summed E-state index contributed by atoms with van der Waals surface area (Å²) in [4.78, 5) is 0. The molecular weight excluding hydrogens is 672 g/mol. The average Bonchev–Trinajstić information content (AvgIpc) is 3.19. The Balaban J connectivity index is 2.37. The minimum atomic E-state index is -1.35. The maximum absolute atomic E-state index is 9.82. The average molecular weight is 729 g/mol. The van der Waals surface area contributed by atoms with Crippen LogP contribution in [-0.4, -0.2) is 166 Å². The van der Waals surface area contributed by atoms with Crippen LogP contribution in [0.1, 0.15) is 11.1 Å². The second-order valence-corrected chi connectivity index (χ2v) is 13.2. The number of aliphatic hydroxyl groups is 9. The molecule has 0 saturated carbocycles. The molecular formula is C36H56O15. The lowest BCUT2D eigenvalue weighted by Crippen LogP contribution is -2.48. The van der Waals surface area contributed by atoms with Crippen molar-refractivity contribution in [3.8, 4) is 17.2 Å². The number of hydrogen-bond acceptors (Lipinski definition) is 15. The van der Waals surface area contributed by atoms with Crippen molar-refractivity contribution in [2.45, 2.75) is 0 Å². The fraction of sp³-hybridized carbons (Fsp3) is 0.611. The van der Waals surface area contributed by atoms with Crippen LogP contribution < -0.4 is 14.2 Å². The Hall–Kier alpha value is -2.90. The Morgan fingerprint density at radius 3 is 1.08 bits per heavy atom. The molecule has 2 rings (SSSR count). The molecule has 0 fully saturated rings. The molecule has 0 saturated heterocycles. The number of ether oxygens (including phenoxy) is 6. The highest BCUT2D eigenvalue weighted by atomic mass is 16.5. The van der Waals surface area contributed by atoms with Gasteiger partial charge in [-0.25, -0.2) is 0 Å². The van der Waals surface area contributed by atoms with Crippen LogP contribution in [0, 0.1) is 21.7 Å². The normalized spacial score (nSPS) is 12.8. The van der Waals surface area contributed by atoms with E-state index >= 15 is 0 Å². The van der Waals surface area contributed by atoms with E-state index in [1.54, 1.807) is 32.4 Å². The van der Waals surface area contributed by atoms with Crippen LogP contribution in [0.4, 0.5) is 0 Å². The van der Waals surface area contributed by atoms with Crippen LogP contribution in [0.5, 0.6) is 17.2 Å². The Labute approximate surface area is 298 Å². The fourth-order valence-electron chi connectivity index (χ4n) is 4.59. The van der Waals surface area contributed by atoms with E-state index in [4.69, 9.17) is 28.4 Å². The first-order chi connectivity index (χ1) is 24.6. The van der Waals surface area contributed by atoms with Crippen molar-refractivity contribution in [3.05, 3.63) is 53.6 Å². The lowest BCUT2D eigenvalue weighted by atomic mass is 9.89. The van der Waals surface area contributed by atoms with Crippen LogP contribution in [0.15, 0.2) is 42.5 Å². The first kappa shape index (κ1) is 44.3. The number of aliphatic hydroxyl groups excluding tert-OH is 9. The minimum Gasteiger partial charge on any atom is -0.497 e. The molecule has 0 spiro atoms. The van der Waals surface area contributed by atoms with Gasteiger partial charge in [-0.1, -0.05) is 24.3 Å². The Morgan fingerprint density at radius 2 is 0.745 bits per heavy atom. The molecule has 0 heterocycles. The van der Waals surface area contributed by atoms with Crippen molar-refractivity contribution in [2.24, 2.45) is 21.7 Å². The van der Waals surface area contributed by atoms with Gasteiger partial charge < -0.3 is 74.4 Å². The maximum atomic E-state index is 9.82. The van der Waals surface area contributed by atoms with E-state index in [0.29, 0.717) is 17.2 Å². The van der Waals surface area contributed by atoms with Gasteiger partial charge in [-0.15, -0.1) is 0 Å². The molecule has 0 aliphatic heterocycles. The Morgan fingerprint density at radius 1 is 0.412 bits per heavy atom. The van der Waals surface area contributed by atoms with Crippen LogP contribution in [0.2, 0.25) is 0 Å². The van der Waals surface area contributed by atoms with Crippen molar-refractivity contribution >= 4 is 12.2 Å². The third-order valence-electron chi connectivity index (χ3n) is 8.74. The summed E-state index contributed by atoms with van der Waals surface area (Å²) in [5, 5.41) is 88.4. The molecule has 51 heavy (non-hydrogen) atoms. The van der Waals surface area contributed by atoms with E-state index in [0.717, 1.165) is 11.1 Å². The highest BCUT2D eigenvalue weighted by Gasteiger charge is 2.39. The molecule has 0 bridgehead atoms. The van der Waals surface area contributed by atoms with Crippen LogP contribution in [0.25, 0.3) is 12.2 Å². The standard InChI is InChI=1S/C36H56O15/c1-46-31-9-29(10-32(11-31)47-2)4-3-28-5-7-30(8-6-28)51-27-36(24-48-21-33(12-37,13-38)14-39,25-49-22-34(15-40,16-41)17-42)26-50-23-35(18-43,19-44)20-45/h3-11,37-45H,12-27H2,1-2H3/b4-3+. The molecule has 0 aliphatic rings. The van der Waals surface area contributed by atoms with Crippen molar-refractivity contribution in [3.63, 3.8) is 0 Å². The van der Waals surface area contributed by atoms with E-state index in [1.165, 1.54) is 0 Å². The van der Waals surface area contributed by atoms with Crippen molar-refractivity contribution in [1.82, 2.24) is 0 Å². The molecule has 290 valence electrons. The number of hydrogen-bond donors (Lipinski definition) is 9. The van der Waals surface area contributed by atoms with Gasteiger partial charge in [0.2, 0.25) is 0 Å². The summed E-state index contributed by atoms with van der Waals surface area (Å²) >= 11 is 0. The monoisotopic (exact) mass is 728 g/mol. The first-order valence-electron chi connectivity index (χ1n) is 16.4. The van der Waals surface area contributed by atoms with E-state index in [-0.39, 0.29) is 46.2 Å². The summed E-state index contributed by atoms with van der Waals surface area (Å²) in [5.41, 5.74) is -3.54. The van der Waals surface area contributed by atoms with Gasteiger partial charge in [0.25, 0.3) is 0 Å². The zero-order chi connectivity index (χ0) is 37.8. The first-order valence-corrected chi connectivity index (χ1v) is 16.4. The largest absolute Gasteiger partial charge is 0.497 e. The zero-order valence-electron chi connectivity index (χ0n) is 29.5. The summed E-state index contributed by atoms with van der Waals surface area (Å²) in [6, 6.07) is 12.7. The third-order valence-corrected chi connectivity index (χ3v) is 8.74. The predicted octanol–water partition coefficient (Wildman–Crippen LogP) is -0.821. The minimum absolute atomic E-state index is 0.120. The molecule has 0 unspecified atom stereocenters. The topological polar surface area (TPSA) is 237 Å². The second kappa shape index (κ2) is 22.2. The quantitative estimate of drug-likeness (QED) is 0.0487. The summed E-state index contributed by atoms with van der Waals surface area (Å²) in [6.45, 7) is -6.59. The molecule has 2 aromatic carbocycles. The summed E-state index contributed by atoms with van der Waals surface area (Å²) in [5.74, 6) is 1.76. The molecule has 15 heteroatoms. The van der Waals surface area contributed by atoms with Crippen molar-refractivity contribution in [2.75, 3.05) is 120 Å². The van der Waals surface area contributed by atoms with Crippen molar-refractivity contribution < 1.29 is 74.4 Å². The molecule has 15 nitrogen and oxygen atoms in total. The smallest absolute Gasteiger partial charge is 0.123 e. The molecule has 0 atom stereocenters. The van der Waals surface area contributed by atoms with Gasteiger partial charge in [-0.2, -0.15) is 0 Å². The van der Waals surface area contributed by atoms with Gasteiger partial charge in [-0.05, 0) is 35.4 Å². The van der Waals surface area contributed by atoms with Gasteiger partial charge >= 0.3 is 0 Å². The van der Waals surface area contributed by atoms with E-state index in [2.05, 4.69) is 0 Å². The molecule has 0 aromatic heterocycles. The second-order valence-electron chi connectivity index (χ2n) is 13.2. The highest BCUT2D eigenvalue weighted by Crippen LogP contribution is 2.28. The predicted molar refractivity (Wildman–Crippen MR) is 186 cm³/mol. The molecule has 2 aromatic rings. The van der Waals surface area contributed by atoms with Crippen LogP contribution in [-0.2, 0) is 14.2 Å². The van der Waals surface area contributed by atoms with E-state index < -0.39 is 81.1 Å². The summed E-state index contributed by atoms with van der Waals surface area (Å²) in [6.07, 6.45) is 3.80. The lowest BCUT2D eigenvalue weighted by molar-refractivity contribution is -0.143. The summed E-state index contributed by atoms with van der Waals surface area (Å²) in [7, 11) is 3.15. The Bertz CT molecular complexity index is 1150. The number of benzene rings is 2. The zero-order valence-corrected chi connectivity index (χ0v) is 29.5. The van der Waals surface area contributed by atoms with Gasteiger partial charge in [0.1, 0.15) is 23.9 Å². The van der Waals surface area contributed by atoms with E-state index in [9.17, 15) is 46.0 Å². The lowest BCUT2D eigenvalue weighted by Gasteiger charge is -2.37. The van der Waals surface area contributed by atoms with Crippen LogP contribution in [0.3, 0.4) is 0 Å². The number of rotatable bonds is 28.